The summed E-state index contributed by atoms with van der Waals surface area (Å²) in [5.41, 5.74) is 3.14. The van der Waals surface area contributed by atoms with Crippen LogP contribution in [0.2, 0.25) is 0 Å². The standard InChI is InChI=1S/C20H21N3O3S/c1-13-5-4-6-14(9-13)11-18-19(24)22-20(27-18)23-21-12-15-7-8-16(25-2)17(10-15)26-3/h4-10,12,18H,11H2,1-3H3,(H,22,23,24). The van der Waals surface area contributed by atoms with E-state index in [1.165, 1.54) is 17.3 Å². The van der Waals surface area contributed by atoms with Crippen LogP contribution >= 0.6 is 11.8 Å². The summed E-state index contributed by atoms with van der Waals surface area (Å²) in [6.45, 7) is 2.04. The molecule has 0 saturated carbocycles. The van der Waals surface area contributed by atoms with Crippen LogP contribution in [-0.4, -0.2) is 36.8 Å². The molecule has 2 aromatic rings. The van der Waals surface area contributed by atoms with Crippen molar-refractivity contribution in [1.29, 1.82) is 0 Å². The number of rotatable bonds is 6. The molecule has 1 fully saturated rings. The predicted molar refractivity (Wildman–Crippen MR) is 109 cm³/mol. The topological polar surface area (TPSA) is 72.3 Å². The van der Waals surface area contributed by atoms with Crippen LogP contribution in [0.5, 0.6) is 11.5 Å². The molecule has 27 heavy (non-hydrogen) atoms. The molecule has 0 spiro atoms. The molecular formula is C20H21N3O3S. The van der Waals surface area contributed by atoms with Gasteiger partial charge in [-0.2, -0.15) is 5.10 Å². The molecule has 0 bridgehead atoms. The molecule has 1 N–H and O–H groups in total. The summed E-state index contributed by atoms with van der Waals surface area (Å²) in [5, 5.41) is 11.3. The Bertz CT molecular complexity index is 896. The Kier molecular flexibility index (Phi) is 6.13. The maximum atomic E-state index is 12.2. The fourth-order valence-electron chi connectivity index (χ4n) is 2.72. The third-order valence-electron chi connectivity index (χ3n) is 4.04. The van der Waals surface area contributed by atoms with Crippen molar-refractivity contribution in [3.8, 4) is 11.5 Å². The summed E-state index contributed by atoms with van der Waals surface area (Å²) >= 11 is 1.40. The molecule has 1 amide bonds. The maximum absolute atomic E-state index is 12.2. The first-order valence-corrected chi connectivity index (χ1v) is 9.33. The molecule has 1 atom stereocenters. The Hall–Kier alpha value is -2.80. The molecule has 1 aliphatic rings. The molecule has 0 aliphatic carbocycles. The smallest absolute Gasteiger partial charge is 0.239 e. The second-order valence-corrected chi connectivity index (χ2v) is 7.24. The van der Waals surface area contributed by atoms with Crippen LogP contribution in [0, 0.1) is 6.92 Å². The highest BCUT2D eigenvalue weighted by molar-refractivity contribution is 8.15. The highest BCUT2D eigenvalue weighted by atomic mass is 32.2. The molecule has 2 aromatic carbocycles. The number of amides is 1. The molecule has 3 rings (SSSR count). The van der Waals surface area contributed by atoms with Gasteiger partial charge in [0.15, 0.2) is 16.7 Å². The number of ether oxygens (including phenoxy) is 2. The predicted octanol–water partition coefficient (Wildman–Crippen LogP) is 3.18. The van der Waals surface area contributed by atoms with Crippen molar-refractivity contribution in [3.05, 3.63) is 59.2 Å². The van der Waals surface area contributed by atoms with Gasteiger partial charge >= 0.3 is 0 Å². The maximum Gasteiger partial charge on any atom is 0.239 e. The number of thioether (sulfide) groups is 1. The number of carbonyl (C=O) groups is 1. The summed E-state index contributed by atoms with van der Waals surface area (Å²) in [5.74, 6) is 1.23. The zero-order valence-electron chi connectivity index (χ0n) is 15.4. The summed E-state index contributed by atoms with van der Waals surface area (Å²) in [6.07, 6.45) is 2.27. The van der Waals surface area contributed by atoms with Gasteiger partial charge in [-0.05, 0) is 42.7 Å². The van der Waals surface area contributed by atoms with Crippen molar-refractivity contribution in [2.75, 3.05) is 14.2 Å². The average Bonchev–Trinajstić information content (AvgIpc) is 3.01. The van der Waals surface area contributed by atoms with Crippen LogP contribution in [0.15, 0.2) is 52.7 Å². The lowest BCUT2D eigenvalue weighted by molar-refractivity contribution is -0.118. The van der Waals surface area contributed by atoms with Crippen molar-refractivity contribution in [2.45, 2.75) is 18.6 Å². The number of methoxy groups -OCH3 is 2. The Balaban J connectivity index is 1.64. The SMILES string of the molecule is COc1ccc(C=N/N=C2\NC(=O)C(Cc3cccc(C)c3)S2)cc1OC. The lowest BCUT2D eigenvalue weighted by Gasteiger charge is -2.07. The lowest BCUT2D eigenvalue weighted by atomic mass is 10.1. The number of benzene rings is 2. The Morgan fingerprint density at radius 2 is 1.96 bits per heavy atom. The first-order valence-electron chi connectivity index (χ1n) is 8.45. The molecule has 1 unspecified atom stereocenters. The summed E-state index contributed by atoms with van der Waals surface area (Å²) in [7, 11) is 3.17. The quantitative estimate of drug-likeness (QED) is 0.614. The minimum absolute atomic E-state index is 0.0402. The molecule has 140 valence electrons. The van der Waals surface area contributed by atoms with E-state index < -0.39 is 0 Å². The fourth-order valence-corrected chi connectivity index (χ4v) is 3.69. The Labute approximate surface area is 162 Å². The minimum Gasteiger partial charge on any atom is -0.493 e. The highest BCUT2D eigenvalue weighted by Crippen LogP contribution is 2.27. The van der Waals surface area contributed by atoms with Crippen molar-refractivity contribution in [3.63, 3.8) is 0 Å². The van der Waals surface area contributed by atoms with Crippen molar-refractivity contribution < 1.29 is 14.3 Å². The Morgan fingerprint density at radius 1 is 1.15 bits per heavy atom. The van der Waals surface area contributed by atoms with E-state index in [-0.39, 0.29) is 11.2 Å². The largest absolute Gasteiger partial charge is 0.493 e. The molecule has 6 nitrogen and oxygen atoms in total. The van der Waals surface area contributed by atoms with Crippen molar-refractivity contribution in [2.24, 2.45) is 10.2 Å². The average molecular weight is 383 g/mol. The fraction of sp³-hybridized carbons (Fsp3) is 0.250. The van der Waals surface area contributed by atoms with E-state index in [0.717, 1.165) is 11.1 Å². The molecule has 1 aliphatic heterocycles. The van der Waals surface area contributed by atoms with Crippen LogP contribution in [0.25, 0.3) is 0 Å². The van der Waals surface area contributed by atoms with Crippen LogP contribution in [-0.2, 0) is 11.2 Å². The van der Waals surface area contributed by atoms with Gasteiger partial charge < -0.3 is 14.8 Å². The molecular weight excluding hydrogens is 362 g/mol. The molecule has 0 radical (unpaired) electrons. The zero-order valence-corrected chi connectivity index (χ0v) is 16.2. The lowest BCUT2D eigenvalue weighted by Crippen LogP contribution is -2.25. The van der Waals surface area contributed by atoms with E-state index >= 15 is 0 Å². The van der Waals surface area contributed by atoms with Gasteiger partial charge in [-0.25, -0.2) is 0 Å². The van der Waals surface area contributed by atoms with Crippen molar-refractivity contribution in [1.82, 2.24) is 5.32 Å². The summed E-state index contributed by atoms with van der Waals surface area (Å²) in [4.78, 5) is 12.2. The second kappa shape index (κ2) is 8.73. The van der Waals surface area contributed by atoms with E-state index in [1.54, 1.807) is 26.5 Å². The molecule has 7 heteroatoms. The van der Waals surface area contributed by atoms with E-state index in [4.69, 9.17) is 9.47 Å². The first kappa shape index (κ1) is 19.0. The van der Waals surface area contributed by atoms with Crippen LogP contribution < -0.4 is 14.8 Å². The molecule has 1 saturated heterocycles. The van der Waals surface area contributed by atoms with Crippen molar-refractivity contribution >= 4 is 29.1 Å². The number of nitrogens with zero attached hydrogens (tertiary/aromatic N) is 2. The first-order chi connectivity index (χ1) is 13.1. The van der Waals surface area contributed by atoms with Gasteiger partial charge in [0.25, 0.3) is 0 Å². The number of nitrogens with one attached hydrogen (secondary N) is 1. The van der Waals surface area contributed by atoms with Crippen LogP contribution in [0.4, 0.5) is 0 Å². The third kappa shape index (κ3) is 4.89. The minimum atomic E-state index is -0.193. The number of amidine groups is 1. The second-order valence-electron chi connectivity index (χ2n) is 6.05. The van der Waals surface area contributed by atoms with E-state index in [2.05, 4.69) is 21.6 Å². The number of carbonyl (C=O) groups excluding carboxylic acids is 1. The van der Waals surface area contributed by atoms with E-state index in [0.29, 0.717) is 23.1 Å². The van der Waals surface area contributed by atoms with E-state index in [1.807, 2.05) is 37.3 Å². The number of hydrogen-bond acceptors (Lipinski definition) is 6. The molecule has 0 aromatic heterocycles. The van der Waals surface area contributed by atoms with Gasteiger partial charge in [-0.3, -0.25) is 4.79 Å². The monoisotopic (exact) mass is 383 g/mol. The van der Waals surface area contributed by atoms with Crippen LogP contribution in [0.1, 0.15) is 16.7 Å². The van der Waals surface area contributed by atoms with Gasteiger partial charge in [0, 0.05) is 0 Å². The summed E-state index contributed by atoms with van der Waals surface area (Å²) in [6, 6.07) is 13.6. The van der Waals surface area contributed by atoms with Crippen LogP contribution in [0.3, 0.4) is 0 Å². The van der Waals surface area contributed by atoms with Gasteiger partial charge in [0.1, 0.15) is 0 Å². The Morgan fingerprint density at radius 3 is 2.70 bits per heavy atom. The van der Waals surface area contributed by atoms with E-state index in [9.17, 15) is 4.79 Å². The number of aryl methyl sites for hydroxylation is 1. The molecule has 1 heterocycles. The highest BCUT2D eigenvalue weighted by Gasteiger charge is 2.30. The third-order valence-corrected chi connectivity index (χ3v) is 5.12. The normalized spacial score (nSPS) is 18.1. The van der Waals surface area contributed by atoms with Gasteiger partial charge in [-0.1, -0.05) is 41.6 Å². The zero-order chi connectivity index (χ0) is 19.2. The van der Waals surface area contributed by atoms with Gasteiger partial charge in [0.2, 0.25) is 5.91 Å². The van der Waals surface area contributed by atoms with Gasteiger partial charge in [0.05, 0.1) is 25.7 Å². The van der Waals surface area contributed by atoms with Gasteiger partial charge in [-0.15, -0.1) is 5.10 Å². The summed E-state index contributed by atoms with van der Waals surface area (Å²) < 4.78 is 10.5. The number of hydrogen-bond donors (Lipinski definition) is 1.